The third kappa shape index (κ3) is 6.64. The molecule has 0 aromatic carbocycles. The molecule has 0 radical (unpaired) electrons. The molecule has 6 heteroatoms. The zero-order chi connectivity index (χ0) is 11.8. The Hall–Kier alpha value is -0.400. The van der Waals surface area contributed by atoms with Gasteiger partial charge < -0.3 is 9.05 Å². The highest BCUT2D eigenvalue weighted by Gasteiger charge is 2.24. The van der Waals surface area contributed by atoms with Gasteiger partial charge in [-0.3, -0.25) is 4.84 Å². The van der Waals surface area contributed by atoms with Crippen molar-refractivity contribution >= 4 is 8.53 Å². The topological polar surface area (TPSA) is 54.7 Å². The predicted octanol–water partition coefficient (Wildman–Crippen LogP) is 2.80. The Bertz CT molecular complexity index is 196. The van der Waals surface area contributed by atoms with E-state index in [0.29, 0.717) is 6.61 Å². The van der Waals surface area contributed by atoms with Gasteiger partial charge in [0.2, 0.25) is 6.19 Å². The van der Waals surface area contributed by atoms with E-state index in [9.17, 15) is 0 Å². The van der Waals surface area contributed by atoms with Crippen LogP contribution in [0, 0.1) is 11.5 Å². The molecule has 88 valence electrons. The van der Waals surface area contributed by atoms with Crippen LogP contribution in [0.2, 0.25) is 0 Å². The maximum atomic E-state index is 8.86. The van der Waals surface area contributed by atoms with Gasteiger partial charge in [0, 0.05) is 0 Å². The number of hydrogen-bond donors (Lipinski definition) is 0. The molecule has 0 atom stereocenters. The van der Waals surface area contributed by atoms with Crippen molar-refractivity contribution in [1.29, 1.82) is 5.26 Å². The lowest BCUT2D eigenvalue weighted by atomic mass is 10.5. The highest BCUT2D eigenvalue weighted by Crippen LogP contribution is 2.44. The van der Waals surface area contributed by atoms with Crippen molar-refractivity contribution in [3.63, 3.8) is 0 Å². The average molecular weight is 234 g/mol. The summed E-state index contributed by atoms with van der Waals surface area (Å²) in [4.78, 5) is 6.20. The maximum Gasteiger partial charge on any atom is 0.326 e. The summed E-state index contributed by atoms with van der Waals surface area (Å²) in [7, 11) is -1.46. The minimum Gasteiger partial charge on any atom is -0.313 e. The summed E-state index contributed by atoms with van der Waals surface area (Å²) in [5.41, 5.74) is 0. The lowest BCUT2D eigenvalue weighted by Gasteiger charge is -2.26. The number of nitriles is 1. The van der Waals surface area contributed by atoms with Gasteiger partial charge in [-0.1, -0.05) is 0 Å². The molecule has 0 unspecified atom stereocenters. The monoisotopic (exact) mass is 234 g/mol. The second kappa shape index (κ2) is 7.84. The van der Waals surface area contributed by atoms with Crippen LogP contribution in [0.1, 0.15) is 34.6 Å². The van der Waals surface area contributed by atoms with Crippen molar-refractivity contribution in [3.05, 3.63) is 0 Å². The van der Waals surface area contributed by atoms with E-state index in [1.807, 2.05) is 40.8 Å². The quantitative estimate of drug-likeness (QED) is 0.293. The van der Waals surface area contributed by atoms with Crippen molar-refractivity contribution in [1.82, 2.24) is 4.83 Å². The first-order valence-corrected chi connectivity index (χ1v) is 6.10. The van der Waals surface area contributed by atoms with E-state index >= 15 is 0 Å². The molecule has 0 aromatic heterocycles. The van der Waals surface area contributed by atoms with Crippen LogP contribution in [0.15, 0.2) is 0 Å². The summed E-state index contributed by atoms with van der Waals surface area (Å²) in [6, 6.07) is 0. The molecule has 0 heterocycles. The SMILES string of the molecule is CCON(C#N)P(OC(C)C)OC(C)C. The van der Waals surface area contributed by atoms with Gasteiger partial charge in [0.05, 0.1) is 18.8 Å². The molecule has 15 heavy (non-hydrogen) atoms. The fraction of sp³-hybridized carbons (Fsp3) is 0.889. The third-order valence-electron chi connectivity index (χ3n) is 1.09. The van der Waals surface area contributed by atoms with E-state index in [1.165, 1.54) is 0 Å². The minimum atomic E-state index is -1.46. The minimum absolute atomic E-state index is 0.00818. The molecule has 0 bridgehead atoms. The summed E-state index contributed by atoms with van der Waals surface area (Å²) in [6.45, 7) is 9.78. The molecular weight excluding hydrogens is 215 g/mol. The van der Waals surface area contributed by atoms with Crippen molar-refractivity contribution < 1.29 is 13.9 Å². The fourth-order valence-corrected chi connectivity index (χ4v) is 1.93. The molecule has 5 nitrogen and oxygen atoms in total. The van der Waals surface area contributed by atoms with Gasteiger partial charge in [0.15, 0.2) is 0 Å². The molecule has 0 N–H and O–H groups in total. The summed E-state index contributed by atoms with van der Waals surface area (Å²) in [5, 5.41) is 8.86. The fourth-order valence-electron chi connectivity index (χ4n) is 0.706. The third-order valence-corrected chi connectivity index (χ3v) is 2.79. The van der Waals surface area contributed by atoms with E-state index in [1.54, 1.807) is 0 Å². The predicted molar refractivity (Wildman–Crippen MR) is 58.4 cm³/mol. The number of nitrogens with zero attached hydrogens (tertiary/aromatic N) is 2. The smallest absolute Gasteiger partial charge is 0.313 e. The average Bonchev–Trinajstić information content (AvgIpc) is 2.11. The van der Waals surface area contributed by atoms with Gasteiger partial charge in [-0.05, 0) is 34.6 Å². The normalized spacial score (nSPS) is 11.1. The molecule has 0 amide bonds. The molecular formula is C9H19N2O3P. The second-order valence-corrected chi connectivity index (χ2v) is 4.60. The van der Waals surface area contributed by atoms with E-state index in [0.717, 1.165) is 4.83 Å². The molecule has 0 aliphatic heterocycles. The number of hydroxylamine groups is 1. The van der Waals surface area contributed by atoms with Gasteiger partial charge in [0.25, 0.3) is 0 Å². The van der Waals surface area contributed by atoms with E-state index in [4.69, 9.17) is 19.1 Å². The van der Waals surface area contributed by atoms with Gasteiger partial charge in [-0.15, -0.1) is 4.83 Å². The first kappa shape index (κ1) is 14.6. The summed E-state index contributed by atoms with van der Waals surface area (Å²) in [5.74, 6) is 0. The van der Waals surface area contributed by atoms with Crippen molar-refractivity contribution in [2.45, 2.75) is 46.8 Å². The van der Waals surface area contributed by atoms with Gasteiger partial charge >= 0.3 is 8.53 Å². The van der Waals surface area contributed by atoms with E-state index in [-0.39, 0.29) is 12.2 Å². The molecule has 0 spiro atoms. The Morgan fingerprint density at radius 3 is 1.93 bits per heavy atom. The summed E-state index contributed by atoms with van der Waals surface area (Å²) in [6.07, 6.45) is 1.89. The molecule has 0 fully saturated rings. The number of hydrogen-bond acceptors (Lipinski definition) is 5. The molecule has 0 aliphatic rings. The standard InChI is InChI=1S/C9H19N2O3P/c1-6-12-11(7-10)15(13-8(2)3)14-9(4)5/h8-9H,6H2,1-5H3. The zero-order valence-electron chi connectivity index (χ0n) is 9.93. The van der Waals surface area contributed by atoms with E-state index < -0.39 is 8.53 Å². The summed E-state index contributed by atoms with van der Waals surface area (Å²) < 4.78 is 11.0. The molecule has 0 saturated heterocycles. The first-order chi connectivity index (χ1) is 7.01. The Morgan fingerprint density at radius 1 is 1.20 bits per heavy atom. The molecule has 0 aliphatic carbocycles. The van der Waals surface area contributed by atoms with Crippen LogP contribution in [-0.2, 0) is 13.9 Å². The van der Waals surface area contributed by atoms with Gasteiger partial charge in [-0.25, -0.2) is 0 Å². The highest BCUT2D eigenvalue weighted by molar-refractivity contribution is 7.44. The Balaban J connectivity index is 4.37. The Labute approximate surface area is 92.8 Å². The van der Waals surface area contributed by atoms with Crippen LogP contribution in [0.5, 0.6) is 0 Å². The molecule has 0 saturated carbocycles. The lowest BCUT2D eigenvalue weighted by molar-refractivity contribution is -0.0565. The van der Waals surface area contributed by atoms with Crippen LogP contribution < -0.4 is 0 Å². The van der Waals surface area contributed by atoms with Crippen LogP contribution in [-0.4, -0.2) is 23.6 Å². The van der Waals surface area contributed by atoms with Crippen LogP contribution in [0.4, 0.5) is 0 Å². The van der Waals surface area contributed by atoms with Gasteiger partial charge in [0.1, 0.15) is 0 Å². The van der Waals surface area contributed by atoms with Crippen LogP contribution >= 0.6 is 8.53 Å². The lowest BCUT2D eigenvalue weighted by Crippen LogP contribution is -2.19. The Kier molecular flexibility index (Phi) is 7.63. The number of rotatable bonds is 7. The van der Waals surface area contributed by atoms with E-state index in [2.05, 4.69) is 0 Å². The van der Waals surface area contributed by atoms with Crippen molar-refractivity contribution in [3.8, 4) is 6.19 Å². The second-order valence-electron chi connectivity index (χ2n) is 3.34. The van der Waals surface area contributed by atoms with Crippen molar-refractivity contribution in [2.24, 2.45) is 0 Å². The first-order valence-electron chi connectivity index (χ1n) is 4.97. The molecule has 0 rings (SSSR count). The highest BCUT2D eigenvalue weighted by atomic mass is 31.2. The molecule has 0 aromatic rings. The summed E-state index contributed by atoms with van der Waals surface area (Å²) >= 11 is 0. The van der Waals surface area contributed by atoms with Crippen molar-refractivity contribution in [2.75, 3.05) is 6.61 Å². The largest absolute Gasteiger partial charge is 0.326 e. The Morgan fingerprint density at radius 2 is 1.67 bits per heavy atom. The van der Waals surface area contributed by atoms with Gasteiger partial charge in [-0.2, -0.15) is 5.26 Å². The van der Waals surface area contributed by atoms with Crippen LogP contribution in [0.3, 0.4) is 0 Å². The maximum absolute atomic E-state index is 8.86. The van der Waals surface area contributed by atoms with Crippen LogP contribution in [0.25, 0.3) is 0 Å². The zero-order valence-corrected chi connectivity index (χ0v) is 10.8.